The Morgan fingerprint density at radius 2 is 1.77 bits per heavy atom. The lowest BCUT2D eigenvalue weighted by molar-refractivity contribution is 0.0993. The molecule has 0 aliphatic heterocycles. The van der Waals surface area contributed by atoms with Crippen molar-refractivity contribution >= 4 is 38.9 Å². The quantitative estimate of drug-likeness (QED) is 0.932. The van der Waals surface area contributed by atoms with Crippen molar-refractivity contribution in [2.45, 2.75) is 0 Å². The van der Waals surface area contributed by atoms with Crippen molar-refractivity contribution in [3.05, 3.63) is 59.1 Å². The molecular weight excluding hydrogens is 324 g/mol. The summed E-state index contributed by atoms with van der Waals surface area (Å²) in [4.78, 5) is 14.0. The number of anilines is 2. The van der Waals surface area contributed by atoms with E-state index in [1.807, 2.05) is 18.2 Å². The number of hydrogen-bond donors (Lipinski definition) is 1. The summed E-state index contributed by atoms with van der Waals surface area (Å²) in [5.74, 6) is -0.326. The lowest BCUT2D eigenvalue weighted by Gasteiger charge is -2.18. The largest absolute Gasteiger partial charge is 0.311 e. The van der Waals surface area contributed by atoms with Crippen LogP contribution in [0.25, 0.3) is 0 Å². The van der Waals surface area contributed by atoms with Gasteiger partial charge in [-0.15, -0.1) is 0 Å². The maximum atomic E-state index is 12.5. The molecule has 0 aromatic heterocycles. The van der Waals surface area contributed by atoms with Crippen LogP contribution in [0.4, 0.5) is 11.4 Å². The highest BCUT2D eigenvalue weighted by atomic mass is 35.5. The Kier molecular flexibility index (Phi) is 4.73. The number of nitrogens with one attached hydrogen (secondary N) is 1. The highest BCUT2D eigenvalue weighted by Crippen LogP contribution is 2.24. The molecule has 116 valence electrons. The van der Waals surface area contributed by atoms with E-state index in [0.717, 1.165) is 6.26 Å². The van der Waals surface area contributed by atoms with Crippen molar-refractivity contribution in [3.8, 4) is 0 Å². The fourth-order valence-corrected chi connectivity index (χ4v) is 2.67. The van der Waals surface area contributed by atoms with E-state index < -0.39 is 10.0 Å². The number of carbonyl (C=O) groups excluding carboxylic acids is 1. The molecule has 0 saturated carbocycles. The first-order chi connectivity index (χ1) is 10.3. The van der Waals surface area contributed by atoms with E-state index in [-0.39, 0.29) is 22.2 Å². The molecule has 0 aliphatic rings. The molecule has 1 N–H and O–H groups in total. The number of halogens is 1. The van der Waals surface area contributed by atoms with Crippen LogP contribution in [-0.4, -0.2) is 27.6 Å². The number of benzene rings is 2. The van der Waals surface area contributed by atoms with Gasteiger partial charge in [0.25, 0.3) is 5.91 Å². The molecule has 0 unspecified atom stereocenters. The Balaban J connectivity index is 2.35. The molecule has 1 amide bonds. The van der Waals surface area contributed by atoms with E-state index >= 15 is 0 Å². The second-order valence-corrected chi connectivity index (χ2v) is 6.92. The molecule has 7 heteroatoms. The maximum absolute atomic E-state index is 12.5. The van der Waals surface area contributed by atoms with Gasteiger partial charge in [0, 0.05) is 18.4 Å². The topological polar surface area (TPSA) is 66.5 Å². The van der Waals surface area contributed by atoms with E-state index in [2.05, 4.69) is 4.72 Å². The summed E-state index contributed by atoms with van der Waals surface area (Å²) in [5.41, 5.74) is 1.23. The minimum atomic E-state index is -3.42. The van der Waals surface area contributed by atoms with E-state index in [4.69, 9.17) is 11.6 Å². The summed E-state index contributed by atoms with van der Waals surface area (Å²) < 4.78 is 24.9. The Bertz CT molecular complexity index is 792. The number of rotatable bonds is 4. The summed E-state index contributed by atoms with van der Waals surface area (Å²) in [5, 5.41) is 0.256. The zero-order valence-corrected chi connectivity index (χ0v) is 13.6. The molecule has 0 saturated heterocycles. The van der Waals surface area contributed by atoms with Crippen molar-refractivity contribution in [2.24, 2.45) is 0 Å². The monoisotopic (exact) mass is 338 g/mol. The van der Waals surface area contributed by atoms with Crippen LogP contribution in [-0.2, 0) is 10.0 Å². The third kappa shape index (κ3) is 3.99. The van der Waals surface area contributed by atoms with Gasteiger partial charge in [-0.2, -0.15) is 0 Å². The number of hydrogen-bond acceptors (Lipinski definition) is 3. The van der Waals surface area contributed by atoms with Crippen LogP contribution in [0.2, 0.25) is 5.02 Å². The molecule has 0 atom stereocenters. The Morgan fingerprint density at radius 3 is 2.36 bits per heavy atom. The van der Waals surface area contributed by atoms with Crippen molar-refractivity contribution in [3.63, 3.8) is 0 Å². The first kappa shape index (κ1) is 16.3. The van der Waals surface area contributed by atoms with Crippen molar-refractivity contribution < 1.29 is 13.2 Å². The zero-order chi connectivity index (χ0) is 16.3. The summed E-state index contributed by atoms with van der Waals surface area (Å²) in [6.07, 6.45) is 1.04. The summed E-state index contributed by atoms with van der Waals surface area (Å²) >= 11 is 6.07. The molecule has 0 bridgehead atoms. The maximum Gasteiger partial charge on any atom is 0.259 e. The van der Waals surface area contributed by atoms with Gasteiger partial charge in [-0.25, -0.2) is 8.42 Å². The minimum absolute atomic E-state index is 0.224. The predicted octanol–water partition coefficient (Wildman–Crippen LogP) is 2.99. The summed E-state index contributed by atoms with van der Waals surface area (Å²) in [7, 11) is -1.79. The Morgan fingerprint density at radius 1 is 1.14 bits per heavy atom. The standard InChI is InChI=1S/C15H15ClN2O3S/c1-18(12-6-4-3-5-7-12)15(19)13-10-11(8-9-14(13)16)17-22(2,20)21/h3-10,17H,1-2H3. The lowest BCUT2D eigenvalue weighted by Crippen LogP contribution is -2.26. The molecule has 0 fully saturated rings. The predicted molar refractivity (Wildman–Crippen MR) is 89.1 cm³/mol. The van der Waals surface area contributed by atoms with Crippen LogP contribution >= 0.6 is 11.6 Å². The van der Waals surface area contributed by atoms with Crippen LogP contribution in [0.5, 0.6) is 0 Å². The number of carbonyl (C=O) groups is 1. The van der Waals surface area contributed by atoms with Gasteiger partial charge in [-0.1, -0.05) is 29.8 Å². The Labute approximate surface area is 134 Å². The smallest absolute Gasteiger partial charge is 0.259 e. The van der Waals surface area contributed by atoms with Crippen LogP contribution in [0.1, 0.15) is 10.4 Å². The number of amides is 1. The Hall–Kier alpha value is -2.05. The van der Waals surface area contributed by atoms with Gasteiger partial charge < -0.3 is 4.90 Å². The van der Waals surface area contributed by atoms with E-state index in [1.165, 1.54) is 23.1 Å². The highest BCUT2D eigenvalue weighted by molar-refractivity contribution is 7.92. The minimum Gasteiger partial charge on any atom is -0.311 e. The summed E-state index contributed by atoms with van der Waals surface area (Å²) in [6.45, 7) is 0. The lowest BCUT2D eigenvalue weighted by atomic mass is 10.1. The molecule has 2 aromatic rings. The number of sulfonamides is 1. The van der Waals surface area contributed by atoms with E-state index in [1.54, 1.807) is 19.2 Å². The third-order valence-corrected chi connectivity index (χ3v) is 3.88. The van der Waals surface area contributed by atoms with Gasteiger partial charge in [0.05, 0.1) is 16.8 Å². The third-order valence-electron chi connectivity index (χ3n) is 2.95. The molecule has 0 radical (unpaired) electrons. The summed E-state index contributed by atoms with van der Waals surface area (Å²) in [6, 6.07) is 13.5. The van der Waals surface area contributed by atoms with Crippen molar-refractivity contribution in [2.75, 3.05) is 22.9 Å². The zero-order valence-electron chi connectivity index (χ0n) is 12.1. The van der Waals surface area contributed by atoms with Crippen molar-refractivity contribution in [1.29, 1.82) is 0 Å². The first-order valence-corrected chi connectivity index (χ1v) is 8.65. The fraction of sp³-hybridized carbons (Fsp3) is 0.133. The number of nitrogens with zero attached hydrogens (tertiary/aromatic N) is 1. The highest BCUT2D eigenvalue weighted by Gasteiger charge is 2.17. The fourth-order valence-electron chi connectivity index (χ4n) is 1.92. The van der Waals surface area contributed by atoms with Gasteiger partial charge in [0.1, 0.15) is 0 Å². The van der Waals surface area contributed by atoms with Crippen LogP contribution < -0.4 is 9.62 Å². The SMILES string of the molecule is CN(C(=O)c1cc(NS(C)(=O)=O)ccc1Cl)c1ccccc1. The molecule has 0 heterocycles. The van der Waals surface area contributed by atoms with Gasteiger partial charge in [0.2, 0.25) is 10.0 Å². The first-order valence-electron chi connectivity index (χ1n) is 6.38. The van der Waals surface area contributed by atoms with E-state index in [0.29, 0.717) is 5.69 Å². The van der Waals surface area contributed by atoms with Crippen molar-refractivity contribution in [1.82, 2.24) is 0 Å². The molecule has 22 heavy (non-hydrogen) atoms. The van der Waals surface area contributed by atoms with Gasteiger partial charge >= 0.3 is 0 Å². The van der Waals surface area contributed by atoms with E-state index in [9.17, 15) is 13.2 Å². The average Bonchev–Trinajstić information content (AvgIpc) is 2.47. The molecule has 2 rings (SSSR count). The van der Waals surface area contributed by atoms with Gasteiger partial charge in [-0.05, 0) is 30.3 Å². The molecule has 5 nitrogen and oxygen atoms in total. The average molecular weight is 339 g/mol. The van der Waals surface area contributed by atoms with Gasteiger partial charge in [0.15, 0.2) is 0 Å². The molecule has 0 aliphatic carbocycles. The number of para-hydroxylation sites is 1. The normalized spacial score (nSPS) is 11.0. The molecule has 0 spiro atoms. The van der Waals surface area contributed by atoms with Crippen LogP contribution in [0.3, 0.4) is 0 Å². The molecule has 2 aromatic carbocycles. The van der Waals surface area contributed by atoms with Crippen LogP contribution in [0, 0.1) is 0 Å². The molecular formula is C15H15ClN2O3S. The second kappa shape index (κ2) is 6.37. The van der Waals surface area contributed by atoms with Gasteiger partial charge in [-0.3, -0.25) is 9.52 Å². The van der Waals surface area contributed by atoms with Crippen LogP contribution in [0.15, 0.2) is 48.5 Å². The second-order valence-electron chi connectivity index (χ2n) is 4.77.